The molecule has 19 heavy (non-hydrogen) atoms. The van der Waals surface area contributed by atoms with E-state index in [1.807, 2.05) is 42.5 Å². The minimum Gasteiger partial charge on any atom is -0.263 e. The smallest absolute Gasteiger partial charge is 0.263 e. The van der Waals surface area contributed by atoms with Crippen molar-refractivity contribution in [3.05, 3.63) is 48.0 Å². The molecule has 2 rings (SSSR count). The summed E-state index contributed by atoms with van der Waals surface area (Å²) in [6.07, 6.45) is 3.42. The fraction of sp³-hybridized carbons (Fsp3) is 0.231. The summed E-state index contributed by atoms with van der Waals surface area (Å²) in [5.41, 5.74) is 1.02. The molecule has 0 aliphatic carbocycles. The molecule has 0 bridgehead atoms. The van der Waals surface area contributed by atoms with Crippen molar-refractivity contribution in [3.63, 3.8) is 0 Å². The van der Waals surface area contributed by atoms with Crippen molar-refractivity contribution < 1.29 is 16.6 Å². The maximum atomic E-state index is 10.9. The summed E-state index contributed by atoms with van der Waals surface area (Å²) < 4.78 is 35.3. The summed E-state index contributed by atoms with van der Waals surface area (Å²) in [4.78, 5) is 0. The van der Waals surface area contributed by atoms with Gasteiger partial charge in [-0.1, -0.05) is 42.5 Å². The van der Waals surface area contributed by atoms with E-state index in [9.17, 15) is 8.42 Å². The fourth-order valence-corrected chi connectivity index (χ4v) is 5.10. The first kappa shape index (κ1) is 14.3. The number of hydrogen-bond donors (Lipinski definition) is 1. The van der Waals surface area contributed by atoms with Crippen LogP contribution in [0.4, 0.5) is 0 Å². The lowest BCUT2D eigenvalue weighted by atomic mass is 10.1. The minimum absolute atomic E-state index is 0.466. The third-order valence-electron chi connectivity index (χ3n) is 2.65. The number of fused-ring (bicyclic) bond motifs is 1. The fourth-order valence-electron chi connectivity index (χ4n) is 2.05. The number of benzene rings is 2. The average molecular weight is 300 g/mol. The molecule has 0 spiro atoms. The molecule has 0 unspecified atom stereocenters. The Bertz CT molecular complexity index is 687. The molecule has 104 valence electrons. The second-order valence-corrected chi connectivity index (χ2v) is 9.28. The van der Waals surface area contributed by atoms with Crippen molar-refractivity contribution in [1.29, 1.82) is 0 Å². The third kappa shape index (κ3) is 3.94. The molecule has 0 saturated carbocycles. The Morgan fingerprint density at radius 2 is 1.68 bits per heavy atom. The highest BCUT2D eigenvalue weighted by Crippen LogP contribution is 2.47. The first-order valence-corrected chi connectivity index (χ1v) is 9.54. The molecule has 1 N–H and O–H groups in total. The van der Waals surface area contributed by atoms with Crippen LogP contribution in [0.1, 0.15) is 5.56 Å². The lowest BCUT2D eigenvalue weighted by Gasteiger charge is -2.28. The van der Waals surface area contributed by atoms with Crippen LogP contribution in [0.25, 0.3) is 10.8 Å². The van der Waals surface area contributed by atoms with Gasteiger partial charge < -0.3 is 0 Å². The van der Waals surface area contributed by atoms with Gasteiger partial charge in [-0.05, 0) is 28.8 Å². The van der Waals surface area contributed by atoms with E-state index in [4.69, 9.17) is 8.18 Å². The minimum atomic E-state index is -4.42. The Balaban J connectivity index is 2.36. The molecular formula is C13H16O4S2. The van der Waals surface area contributed by atoms with Crippen molar-refractivity contribution in [2.75, 3.05) is 12.5 Å². The van der Waals surface area contributed by atoms with Gasteiger partial charge in [-0.25, -0.2) is 0 Å². The zero-order valence-corrected chi connectivity index (χ0v) is 12.4. The Labute approximate surface area is 114 Å². The maximum Gasteiger partial charge on any atom is 0.406 e. The van der Waals surface area contributed by atoms with E-state index in [-0.39, 0.29) is 0 Å². The Morgan fingerprint density at radius 3 is 2.37 bits per heavy atom. The topological polar surface area (TPSA) is 63.6 Å². The van der Waals surface area contributed by atoms with Gasteiger partial charge in [-0.15, -0.1) is 10.3 Å². The lowest BCUT2D eigenvalue weighted by Crippen LogP contribution is -2.10. The van der Waals surface area contributed by atoms with Gasteiger partial charge in [0.1, 0.15) is 0 Å². The van der Waals surface area contributed by atoms with Gasteiger partial charge in [-0.2, -0.15) is 12.0 Å². The molecule has 6 heteroatoms. The van der Waals surface area contributed by atoms with Gasteiger partial charge in [0.2, 0.25) is 0 Å². The van der Waals surface area contributed by atoms with E-state index in [2.05, 4.69) is 0 Å². The highest BCUT2D eigenvalue weighted by Gasteiger charge is 2.21. The summed E-state index contributed by atoms with van der Waals surface area (Å²) in [5, 5.41) is 2.17. The van der Waals surface area contributed by atoms with Crippen LogP contribution in [0.2, 0.25) is 0 Å². The molecule has 2 aromatic rings. The van der Waals surface area contributed by atoms with Crippen LogP contribution in [0.3, 0.4) is 0 Å². The molecule has 0 aromatic heterocycles. The molecule has 0 heterocycles. The standard InChI is InChI=1S/C13H16O4S2/c1-18(2,17-19(14,15)16)10-12-8-5-7-11-6-3-4-9-13(11)12/h3-9H,10H2,1-2H3,(H,14,15,16). The van der Waals surface area contributed by atoms with Crippen molar-refractivity contribution in [2.24, 2.45) is 0 Å². The summed E-state index contributed by atoms with van der Waals surface area (Å²) in [6.45, 7) is 0. The van der Waals surface area contributed by atoms with E-state index in [1.165, 1.54) is 0 Å². The highest BCUT2D eigenvalue weighted by molar-refractivity contribution is 8.31. The summed E-state index contributed by atoms with van der Waals surface area (Å²) in [5.74, 6) is 0.466. The molecule has 0 saturated heterocycles. The zero-order chi connectivity index (χ0) is 14.1. The normalized spacial score (nSPS) is 13.6. The van der Waals surface area contributed by atoms with Crippen LogP contribution in [-0.2, 0) is 19.8 Å². The lowest BCUT2D eigenvalue weighted by molar-refractivity contribution is 0.403. The van der Waals surface area contributed by atoms with Crippen LogP contribution < -0.4 is 0 Å². The Hall–Kier alpha value is -1.08. The molecule has 4 nitrogen and oxygen atoms in total. The first-order valence-electron chi connectivity index (χ1n) is 5.63. The van der Waals surface area contributed by atoms with Crippen LogP contribution in [0.5, 0.6) is 0 Å². The third-order valence-corrected chi connectivity index (χ3v) is 5.82. The summed E-state index contributed by atoms with van der Waals surface area (Å²) >= 11 is 0. The Morgan fingerprint density at radius 1 is 1.05 bits per heavy atom. The second kappa shape index (κ2) is 5.13. The Kier molecular flexibility index (Phi) is 3.87. The van der Waals surface area contributed by atoms with Crippen molar-refractivity contribution >= 4 is 31.5 Å². The van der Waals surface area contributed by atoms with Gasteiger partial charge in [-0.3, -0.25) is 4.55 Å². The quantitative estimate of drug-likeness (QED) is 0.881. The molecule has 0 fully saturated rings. The molecule has 0 aliphatic rings. The van der Waals surface area contributed by atoms with Gasteiger partial charge in [0.25, 0.3) is 0 Å². The zero-order valence-electron chi connectivity index (χ0n) is 10.7. The molecular weight excluding hydrogens is 284 g/mol. The van der Waals surface area contributed by atoms with E-state index >= 15 is 0 Å². The maximum absolute atomic E-state index is 10.9. The van der Waals surface area contributed by atoms with Gasteiger partial charge in [0.05, 0.1) is 0 Å². The van der Waals surface area contributed by atoms with E-state index in [0.717, 1.165) is 16.3 Å². The van der Waals surface area contributed by atoms with Crippen molar-refractivity contribution in [3.8, 4) is 0 Å². The SMILES string of the molecule is CS(C)(Cc1cccc2ccccc12)OS(=O)(=O)O. The number of hydrogen-bond acceptors (Lipinski definition) is 3. The molecule has 0 atom stereocenters. The van der Waals surface area contributed by atoms with Crippen molar-refractivity contribution in [1.82, 2.24) is 0 Å². The highest BCUT2D eigenvalue weighted by atomic mass is 32.3. The second-order valence-electron chi connectivity index (χ2n) is 4.72. The average Bonchev–Trinajstić information content (AvgIpc) is 2.25. The molecule has 0 aliphatic heterocycles. The van der Waals surface area contributed by atoms with Gasteiger partial charge >= 0.3 is 10.4 Å². The number of rotatable bonds is 4. The molecule has 2 aromatic carbocycles. The summed E-state index contributed by atoms with van der Waals surface area (Å²) in [7, 11) is -6.34. The monoisotopic (exact) mass is 300 g/mol. The first-order chi connectivity index (χ1) is 8.77. The summed E-state index contributed by atoms with van der Waals surface area (Å²) in [6, 6.07) is 13.8. The van der Waals surface area contributed by atoms with Crippen LogP contribution >= 0.6 is 10.3 Å². The van der Waals surface area contributed by atoms with Crippen LogP contribution in [0, 0.1) is 0 Å². The molecule has 0 radical (unpaired) electrons. The largest absolute Gasteiger partial charge is 0.406 e. The van der Waals surface area contributed by atoms with E-state index in [0.29, 0.717) is 5.75 Å². The van der Waals surface area contributed by atoms with Gasteiger partial charge in [0.15, 0.2) is 0 Å². The van der Waals surface area contributed by atoms with E-state index < -0.39 is 20.7 Å². The van der Waals surface area contributed by atoms with Crippen molar-refractivity contribution in [2.45, 2.75) is 5.75 Å². The van der Waals surface area contributed by atoms with Crippen LogP contribution in [0.15, 0.2) is 42.5 Å². The molecule has 0 amide bonds. The predicted molar refractivity (Wildman–Crippen MR) is 79.7 cm³/mol. The predicted octanol–water partition coefficient (Wildman–Crippen LogP) is 3.14. The van der Waals surface area contributed by atoms with Gasteiger partial charge in [0, 0.05) is 5.75 Å². The van der Waals surface area contributed by atoms with E-state index in [1.54, 1.807) is 12.5 Å². The van der Waals surface area contributed by atoms with Crippen LogP contribution in [-0.4, -0.2) is 25.5 Å².